The molecule has 2 heterocycles. The Labute approximate surface area is 140 Å². The number of fused-ring (bicyclic) bond motifs is 1. The fraction of sp³-hybridized carbons (Fsp3) is 0.353. The van der Waals surface area contributed by atoms with E-state index in [1.165, 1.54) is 0 Å². The van der Waals surface area contributed by atoms with Gasteiger partial charge in [0.2, 0.25) is 17.8 Å². The van der Waals surface area contributed by atoms with Crippen molar-refractivity contribution >= 4 is 23.5 Å². The fourth-order valence-electron chi connectivity index (χ4n) is 2.71. The topological polar surface area (TPSA) is 85.8 Å². The molecule has 3 N–H and O–H groups in total. The number of carbonyl (C=O) groups excluding carboxylic acids is 2. The number of rotatable bonds is 2. The molecular formula is C17H21N5O2. The number of aliphatic imine (C=N–C) groups is 1. The monoisotopic (exact) mass is 327 g/mol. The molecule has 2 aliphatic heterocycles. The van der Waals surface area contributed by atoms with Gasteiger partial charge in [0.15, 0.2) is 0 Å². The largest absolute Gasteiger partial charge is 0.324 e. The number of allylic oxidation sites excluding steroid dienone is 1. The van der Waals surface area contributed by atoms with E-state index in [2.05, 4.69) is 21.1 Å². The molecule has 24 heavy (non-hydrogen) atoms. The number of hydrogen-bond acceptors (Lipinski definition) is 5. The Morgan fingerprint density at radius 2 is 2.08 bits per heavy atom. The zero-order valence-electron chi connectivity index (χ0n) is 14.2. The zero-order chi connectivity index (χ0) is 17.4. The summed E-state index contributed by atoms with van der Waals surface area (Å²) in [5.41, 5.74) is 6.92. The van der Waals surface area contributed by atoms with Crippen molar-refractivity contribution in [2.75, 3.05) is 5.32 Å². The second kappa shape index (κ2) is 5.99. The van der Waals surface area contributed by atoms with Gasteiger partial charge in [-0.2, -0.15) is 4.99 Å². The number of anilines is 1. The lowest BCUT2D eigenvalue weighted by Gasteiger charge is -2.32. The minimum Gasteiger partial charge on any atom is -0.324 e. The van der Waals surface area contributed by atoms with Crippen molar-refractivity contribution in [3.8, 4) is 0 Å². The molecule has 3 rings (SSSR count). The third kappa shape index (κ3) is 2.97. The van der Waals surface area contributed by atoms with Gasteiger partial charge in [0.25, 0.3) is 0 Å². The number of guanidine groups is 1. The maximum absolute atomic E-state index is 12.7. The van der Waals surface area contributed by atoms with Gasteiger partial charge < -0.3 is 5.32 Å². The predicted molar refractivity (Wildman–Crippen MR) is 91.9 cm³/mol. The molecule has 0 bridgehead atoms. The third-order valence-electron chi connectivity index (χ3n) is 4.03. The van der Waals surface area contributed by atoms with Gasteiger partial charge in [-0.3, -0.25) is 20.3 Å². The molecule has 0 aromatic heterocycles. The van der Waals surface area contributed by atoms with E-state index in [9.17, 15) is 9.59 Å². The minimum absolute atomic E-state index is 0.0683. The number of nitrogens with one attached hydrogen (secondary N) is 3. The van der Waals surface area contributed by atoms with Crippen molar-refractivity contribution in [1.29, 1.82) is 0 Å². The number of carbonyl (C=O) groups is 2. The minimum atomic E-state index is -0.657. The number of amides is 2. The first-order valence-corrected chi connectivity index (χ1v) is 7.85. The fourth-order valence-corrected chi connectivity index (χ4v) is 2.71. The van der Waals surface area contributed by atoms with Crippen molar-refractivity contribution in [2.24, 2.45) is 4.99 Å². The second-order valence-corrected chi connectivity index (χ2v) is 6.34. The van der Waals surface area contributed by atoms with Crippen LogP contribution in [0.5, 0.6) is 0 Å². The Morgan fingerprint density at radius 3 is 2.75 bits per heavy atom. The molecule has 1 unspecified atom stereocenters. The van der Waals surface area contributed by atoms with Crippen molar-refractivity contribution in [2.45, 2.75) is 40.2 Å². The summed E-state index contributed by atoms with van der Waals surface area (Å²) in [5, 5.41) is 7.22. The molecule has 126 valence electrons. The molecule has 0 radical (unpaired) electrons. The van der Waals surface area contributed by atoms with Crippen LogP contribution in [0, 0.1) is 13.8 Å². The van der Waals surface area contributed by atoms with Crippen molar-refractivity contribution in [1.82, 2.24) is 15.8 Å². The Bertz CT molecular complexity index is 777. The molecule has 2 amide bonds. The summed E-state index contributed by atoms with van der Waals surface area (Å²) in [7, 11) is 0. The van der Waals surface area contributed by atoms with Crippen LogP contribution in [0.4, 0.5) is 5.69 Å². The molecule has 7 nitrogen and oxygen atoms in total. The number of hydrogen-bond donors (Lipinski definition) is 3. The summed E-state index contributed by atoms with van der Waals surface area (Å²) in [6.45, 7) is 7.77. The van der Waals surface area contributed by atoms with E-state index in [0.29, 0.717) is 11.8 Å². The van der Waals surface area contributed by atoms with Gasteiger partial charge in [-0.15, -0.1) is 0 Å². The SMILES string of the molecule is CC(C)=C1N=C2NC(=O)CC(C(=O)Nc3ccc(C)cc3C)N2N1. The Balaban J connectivity index is 1.83. The van der Waals surface area contributed by atoms with Crippen LogP contribution in [0.2, 0.25) is 0 Å². The van der Waals surface area contributed by atoms with Gasteiger partial charge in [-0.25, -0.2) is 5.01 Å². The van der Waals surface area contributed by atoms with Crippen molar-refractivity contribution < 1.29 is 9.59 Å². The first-order chi connectivity index (χ1) is 11.3. The van der Waals surface area contributed by atoms with Crippen LogP contribution in [0.3, 0.4) is 0 Å². The van der Waals surface area contributed by atoms with E-state index >= 15 is 0 Å². The Kier molecular flexibility index (Phi) is 4.01. The molecule has 1 saturated heterocycles. The molecule has 7 heteroatoms. The third-order valence-corrected chi connectivity index (χ3v) is 4.03. The number of nitrogens with zero attached hydrogens (tertiary/aromatic N) is 2. The van der Waals surface area contributed by atoms with E-state index in [1.807, 2.05) is 45.9 Å². The van der Waals surface area contributed by atoms with E-state index < -0.39 is 6.04 Å². The Hall–Kier alpha value is -2.83. The summed E-state index contributed by atoms with van der Waals surface area (Å²) >= 11 is 0. The van der Waals surface area contributed by atoms with Gasteiger partial charge in [0.05, 0.1) is 6.42 Å². The van der Waals surface area contributed by atoms with Crippen molar-refractivity contribution in [3.63, 3.8) is 0 Å². The maximum atomic E-state index is 12.7. The highest BCUT2D eigenvalue weighted by molar-refractivity contribution is 6.07. The van der Waals surface area contributed by atoms with E-state index in [1.54, 1.807) is 5.01 Å². The van der Waals surface area contributed by atoms with Crippen molar-refractivity contribution in [3.05, 3.63) is 40.7 Å². The molecule has 0 spiro atoms. The lowest BCUT2D eigenvalue weighted by molar-refractivity contribution is -0.129. The smallest absolute Gasteiger partial charge is 0.249 e. The first kappa shape index (κ1) is 16.0. The number of aryl methyl sites for hydroxylation is 2. The van der Waals surface area contributed by atoms with Gasteiger partial charge >= 0.3 is 0 Å². The molecule has 2 aliphatic rings. The molecule has 0 aliphatic carbocycles. The first-order valence-electron chi connectivity index (χ1n) is 7.85. The van der Waals surface area contributed by atoms with Crippen LogP contribution in [0.25, 0.3) is 0 Å². The van der Waals surface area contributed by atoms with Crippen LogP contribution in [0.1, 0.15) is 31.4 Å². The van der Waals surface area contributed by atoms with Gasteiger partial charge in [0, 0.05) is 5.69 Å². The predicted octanol–water partition coefficient (Wildman–Crippen LogP) is 1.56. The normalized spacial score (nSPS) is 19.2. The van der Waals surface area contributed by atoms with E-state index in [4.69, 9.17) is 0 Å². The van der Waals surface area contributed by atoms with Crippen LogP contribution < -0.4 is 16.1 Å². The second-order valence-electron chi connectivity index (χ2n) is 6.34. The lowest BCUT2D eigenvalue weighted by atomic mass is 10.1. The van der Waals surface area contributed by atoms with Crippen LogP contribution in [-0.2, 0) is 9.59 Å². The number of hydrazine groups is 1. The molecule has 1 aromatic rings. The quantitative estimate of drug-likeness (QED) is 0.769. The highest BCUT2D eigenvalue weighted by atomic mass is 16.2. The van der Waals surface area contributed by atoms with Gasteiger partial charge in [-0.05, 0) is 44.9 Å². The van der Waals surface area contributed by atoms with Crippen LogP contribution >= 0.6 is 0 Å². The molecular weight excluding hydrogens is 306 g/mol. The van der Waals surface area contributed by atoms with Gasteiger partial charge in [-0.1, -0.05) is 17.7 Å². The average molecular weight is 327 g/mol. The summed E-state index contributed by atoms with van der Waals surface area (Å²) < 4.78 is 0. The summed E-state index contributed by atoms with van der Waals surface area (Å²) in [5.74, 6) is 0.550. The molecule has 1 aromatic carbocycles. The highest BCUT2D eigenvalue weighted by Gasteiger charge is 2.39. The van der Waals surface area contributed by atoms with E-state index in [-0.39, 0.29) is 18.2 Å². The number of benzene rings is 1. The summed E-state index contributed by atoms with van der Waals surface area (Å²) in [6.07, 6.45) is 0.0683. The lowest BCUT2D eigenvalue weighted by Crippen LogP contribution is -2.61. The standard InChI is InChI=1S/C17H21N5O2/c1-9(2)15-20-17-19-14(23)8-13(22(17)21-15)16(24)18-12-6-5-10(3)7-11(12)4/h5-7,13,21H,8H2,1-4H3,(H,18,24)(H,19,20,23). The van der Waals surface area contributed by atoms with Crippen LogP contribution in [-0.4, -0.2) is 28.8 Å². The van der Waals surface area contributed by atoms with Crippen LogP contribution in [0.15, 0.2) is 34.6 Å². The maximum Gasteiger partial charge on any atom is 0.249 e. The Morgan fingerprint density at radius 1 is 1.33 bits per heavy atom. The molecule has 0 saturated carbocycles. The summed E-state index contributed by atoms with van der Waals surface area (Å²) in [6, 6.07) is 5.17. The molecule has 1 fully saturated rings. The van der Waals surface area contributed by atoms with Gasteiger partial charge in [0.1, 0.15) is 11.9 Å². The highest BCUT2D eigenvalue weighted by Crippen LogP contribution is 2.21. The van der Waals surface area contributed by atoms with E-state index in [0.717, 1.165) is 22.4 Å². The summed E-state index contributed by atoms with van der Waals surface area (Å²) in [4.78, 5) is 29.0. The molecule has 1 atom stereocenters. The zero-order valence-corrected chi connectivity index (χ0v) is 14.2. The average Bonchev–Trinajstić information content (AvgIpc) is 2.93.